The number of amides is 1. The van der Waals surface area contributed by atoms with E-state index in [2.05, 4.69) is 12.2 Å². The average molecular weight is 295 g/mol. The highest BCUT2D eigenvalue weighted by Crippen LogP contribution is 2.23. The number of aryl methyl sites for hydroxylation is 1. The zero-order valence-electron chi connectivity index (χ0n) is 11.8. The van der Waals surface area contributed by atoms with E-state index < -0.39 is 9.84 Å². The van der Waals surface area contributed by atoms with Crippen molar-refractivity contribution < 1.29 is 13.2 Å². The van der Waals surface area contributed by atoms with Crippen molar-refractivity contribution in [1.82, 2.24) is 0 Å². The van der Waals surface area contributed by atoms with Gasteiger partial charge in [-0.15, -0.1) is 0 Å². The standard InChI is InChI=1S/C15H21NO3S/c1-2-13-5-3-4-6-14(13)16-15(17)11-12-7-9-20(18,19)10-8-12/h3-6,12H,2,7-11H2,1H3,(H,16,17). The van der Waals surface area contributed by atoms with Crippen molar-refractivity contribution >= 4 is 21.4 Å². The normalized spacial score (nSPS) is 18.6. The molecule has 1 heterocycles. The van der Waals surface area contributed by atoms with Crippen LogP contribution in [-0.4, -0.2) is 25.8 Å². The molecule has 0 saturated carbocycles. The molecular formula is C15H21NO3S. The minimum absolute atomic E-state index is 0.0183. The summed E-state index contributed by atoms with van der Waals surface area (Å²) in [6.45, 7) is 2.05. The van der Waals surface area contributed by atoms with Gasteiger partial charge in [0.05, 0.1) is 11.5 Å². The molecule has 0 radical (unpaired) electrons. The van der Waals surface area contributed by atoms with Crippen LogP contribution in [0.3, 0.4) is 0 Å². The van der Waals surface area contributed by atoms with E-state index in [9.17, 15) is 13.2 Å². The third kappa shape index (κ3) is 4.07. The molecule has 1 fully saturated rings. The molecule has 1 aromatic rings. The van der Waals surface area contributed by atoms with E-state index in [0.717, 1.165) is 17.7 Å². The van der Waals surface area contributed by atoms with Gasteiger partial charge in [-0.3, -0.25) is 4.79 Å². The molecule has 20 heavy (non-hydrogen) atoms. The first-order valence-electron chi connectivity index (χ1n) is 7.08. The number of carbonyl (C=O) groups excluding carboxylic acids is 1. The lowest BCUT2D eigenvalue weighted by Crippen LogP contribution is -2.26. The number of rotatable bonds is 4. The molecule has 1 aliphatic heterocycles. The molecule has 1 N–H and O–H groups in total. The Bertz CT molecular complexity index is 567. The summed E-state index contributed by atoms with van der Waals surface area (Å²) in [6, 6.07) is 7.77. The van der Waals surface area contributed by atoms with Crippen molar-refractivity contribution in [2.24, 2.45) is 5.92 Å². The van der Waals surface area contributed by atoms with Crippen LogP contribution in [0, 0.1) is 5.92 Å². The van der Waals surface area contributed by atoms with Gasteiger partial charge in [0.1, 0.15) is 9.84 Å². The van der Waals surface area contributed by atoms with E-state index in [1.54, 1.807) is 0 Å². The van der Waals surface area contributed by atoms with Crippen LogP contribution >= 0.6 is 0 Å². The van der Waals surface area contributed by atoms with Gasteiger partial charge in [-0.05, 0) is 36.8 Å². The maximum absolute atomic E-state index is 12.0. The van der Waals surface area contributed by atoms with Gasteiger partial charge in [0.25, 0.3) is 0 Å². The van der Waals surface area contributed by atoms with Crippen LogP contribution in [0.25, 0.3) is 0 Å². The smallest absolute Gasteiger partial charge is 0.224 e. The molecule has 5 heteroatoms. The number of para-hydroxylation sites is 1. The SMILES string of the molecule is CCc1ccccc1NC(=O)CC1CCS(=O)(=O)CC1. The first-order valence-corrected chi connectivity index (χ1v) is 8.90. The van der Waals surface area contributed by atoms with Gasteiger partial charge in [0, 0.05) is 12.1 Å². The van der Waals surface area contributed by atoms with Crippen LogP contribution in [0.15, 0.2) is 24.3 Å². The molecular weight excluding hydrogens is 274 g/mol. The highest BCUT2D eigenvalue weighted by Gasteiger charge is 2.25. The third-order valence-corrected chi connectivity index (χ3v) is 5.54. The fourth-order valence-electron chi connectivity index (χ4n) is 2.56. The number of hydrogen-bond acceptors (Lipinski definition) is 3. The maximum Gasteiger partial charge on any atom is 0.224 e. The van der Waals surface area contributed by atoms with Gasteiger partial charge in [-0.2, -0.15) is 0 Å². The van der Waals surface area contributed by atoms with Crippen molar-refractivity contribution in [3.8, 4) is 0 Å². The fourth-order valence-corrected chi connectivity index (χ4v) is 4.15. The Morgan fingerprint density at radius 2 is 1.90 bits per heavy atom. The van der Waals surface area contributed by atoms with Gasteiger partial charge >= 0.3 is 0 Å². The van der Waals surface area contributed by atoms with Gasteiger partial charge in [-0.25, -0.2) is 8.42 Å². The van der Waals surface area contributed by atoms with Crippen molar-refractivity contribution in [1.29, 1.82) is 0 Å². The highest BCUT2D eigenvalue weighted by molar-refractivity contribution is 7.91. The molecule has 110 valence electrons. The van der Waals surface area contributed by atoms with Gasteiger partial charge in [0.2, 0.25) is 5.91 Å². The number of benzene rings is 1. The number of anilines is 1. The Kier molecular flexibility index (Phi) is 4.81. The molecule has 0 spiro atoms. The van der Waals surface area contributed by atoms with Gasteiger partial charge in [-0.1, -0.05) is 25.1 Å². The monoisotopic (exact) mass is 295 g/mol. The Balaban J connectivity index is 1.90. The molecule has 0 bridgehead atoms. The number of nitrogens with one attached hydrogen (secondary N) is 1. The summed E-state index contributed by atoms with van der Waals surface area (Å²) in [6.07, 6.45) is 2.49. The number of hydrogen-bond donors (Lipinski definition) is 1. The van der Waals surface area contributed by atoms with Crippen molar-refractivity contribution in [2.45, 2.75) is 32.6 Å². The van der Waals surface area contributed by atoms with E-state index in [-0.39, 0.29) is 23.3 Å². The summed E-state index contributed by atoms with van der Waals surface area (Å²) in [5.74, 6) is 0.606. The summed E-state index contributed by atoms with van der Waals surface area (Å²) in [4.78, 5) is 12.0. The van der Waals surface area contributed by atoms with Crippen LogP contribution in [0.5, 0.6) is 0 Å². The number of carbonyl (C=O) groups is 1. The van der Waals surface area contributed by atoms with E-state index >= 15 is 0 Å². The zero-order valence-corrected chi connectivity index (χ0v) is 12.6. The first kappa shape index (κ1) is 15.0. The predicted molar refractivity (Wildman–Crippen MR) is 80.4 cm³/mol. The van der Waals surface area contributed by atoms with Crippen molar-refractivity contribution in [3.63, 3.8) is 0 Å². The van der Waals surface area contributed by atoms with E-state index in [4.69, 9.17) is 0 Å². The molecule has 0 unspecified atom stereocenters. The quantitative estimate of drug-likeness (QED) is 0.927. The summed E-state index contributed by atoms with van der Waals surface area (Å²) < 4.78 is 22.7. The minimum atomic E-state index is -2.85. The van der Waals surface area contributed by atoms with Crippen molar-refractivity contribution in [3.05, 3.63) is 29.8 Å². The minimum Gasteiger partial charge on any atom is -0.326 e. The topological polar surface area (TPSA) is 63.2 Å². The van der Waals surface area contributed by atoms with Gasteiger partial charge < -0.3 is 5.32 Å². The van der Waals surface area contributed by atoms with Crippen LogP contribution in [-0.2, 0) is 21.1 Å². The molecule has 1 aliphatic rings. The predicted octanol–water partition coefficient (Wildman–Crippen LogP) is 2.40. The lowest BCUT2D eigenvalue weighted by molar-refractivity contribution is -0.117. The van der Waals surface area contributed by atoms with E-state index in [1.807, 2.05) is 24.3 Å². The lowest BCUT2D eigenvalue weighted by Gasteiger charge is -2.21. The van der Waals surface area contributed by atoms with Crippen LogP contribution in [0.1, 0.15) is 31.7 Å². The largest absolute Gasteiger partial charge is 0.326 e. The maximum atomic E-state index is 12.0. The van der Waals surface area contributed by atoms with Crippen molar-refractivity contribution in [2.75, 3.05) is 16.8 Å². The summed E-state index contributed by atoms with van der Waals surface area (Å²) in [5.41, 5.74) is 1.98. The van der Waals surface area contributed by atoms with Crippen LogP contribution in [0.2, 0.25) is 0 Å². The Labute approximate surface area is 120 Å². The Morgan fingerprint density at radius 3 is 2.55 bits per heavy atom. The molecule has 0 atom stereocenters. The first-order chi connectivity index (χ1) is 9.50. The zero-order chi connectivity index (χ0) is 14.6. The molecule has 0 aliphatic carbocycles. The second kappa shape index (κ2) is 6.39. The second-order valence-electron chi connectivity index (χ2n) is 5.36. The van der Waals surface area contributed by atoms with Gasteiger partial charge in [0.15, 0.2) is 0 Å². The molecule has 0 aromatic heterocycles. The highest BCUT2D eigenvalue weighted by atomic mass is 32.2. The molecule has 4 nitrogen and oxygen atoms in total. The average Bonchev–Trinajstić information content (AvgIpc) is 2.42. The number of sulfone groups is 1. The van der Waals surface area contributed by atoms with Crippen LogP contribution < -0.4 is 5.32 Å². The summed E-state index contributed by atoms with van der Waals surface area (Å²) >= 11 is 0. The van der Waals surface area contributed by atoms with E-state index in [1.165, 1.54) is 0 Å². The molecule has 1 aromatic carbocycles. The second-order valence-corrected chi connectivity index (χ2v) is 7.66. The third-order valence-electron chi connectivity index (χ3n) is 3.82. The van der Waals surface area contributed by atoms with E-state index in [0.29, 0.717) is 19.3 Å². The summed E-state index contributed by atoms with van der Waals surface area (Å²) in [7, 11) is -2.85. The summed E-state index contributed by atoms with van der Waals surface area (Å²) in [5, 5.41) is 2.94. The van der Waals surface area contributed by atoms with Crippen LogP contribution in [0.4, 0.5) is 5.69 Å². The Morgan fingerprint density at radius 1 is 1.25 bits per heavy atom. The fraction of sp³-hybridized carbons (Fsp3) is 0.533. The molecule has 1 saturated heterocycles. The molecule has 1 amide bonds. The Hall–Kier alpha value is -1.36. The molecule has 2 rings (SSSR count). The lowest BCUT2D eigenvalue weighted by atomic mass is 9.98.